The number of nitrogens with one attached hydrogen (secondary N) is 2. The Morgan fingerprint density at radius 3 is 2.41 bits per heavy atom. The van der Waals surface area contributed by atoms with Gasteiger partial charge in [0.1, 0.15) is 6.04 Å². The fraction of sp³-hybridized carbons (Fsp3) is 0.269. The average Bonchev–Trinajstić information content (AvgIpc) is 2.80. The van der Waals surface area contributed by atoms with Crippen LogP contribution >= 0.6 is 0 Å². The third-order valence-electron chi connectivity index (χ3n) is 5.91. The van der Waals surface area contributed by atoms with Crippen molar-refractivity contribution in [1.82, 2.24) is 10.0 Å². The Kier molecular flexibility index (Phi) is 6.72. The molecule has 0 radical (unpaired) electrons. The summed E-state index contributed by atoms with van der Waals surface area (Å²) in [5.41, 5.74) is 4.22. The van der Waals surface area contributed by atoms with Gasteiger partial charge in [-0.1, -0.05) is 72.3 Å². The lowest BCUT2D eigenvalue weighted by Crippen LogP contribution is -2.49. The molecule has 166 valence electrons. The van der Waals surface area contributed by atoms with Gasteiger partial charge in [0.25, 0.3) is 0 Å². The Hall–Kier alpha value is -2.96. The van der Waals surface area contributed by atoms with Crippen LogP contribution < -0.4 is 10.0 Å². The fourth-order valence-corrected chi connectivity index (χ4v) is 5.38. The van der Waals surface area contributed by atoms with E-state index >= 15 is 0 Å². The zero-order valence-electron chi connectivity index (χ0n) is 18.1. The molecule has 0 aliphatic heterocycles. The van der Waals surface area contributed by atoms with Crippen LogP contribution in [0.15, 0.2) is 83.8 Å². The number of benzene rings is 3. The predicted molar refractivity (Wildman–Crippen MR) is 126 cm³/mol. The Labute approximate surface area is 189 Å². The van der Waals surface area contributed by atoms with E-state index in [2.05, 4.69) is 16.1 Å². The van der Waals surface area contributed by atoms with Crippen LogP contribution in [-0.2, 0) is 27.7 Å². The van der Waals surface area contributed by atoms with Gasteiger partial charge in [0.15, 0.2) is 0 Å². The molecule has 2 N–H and O–H groups in total. The van der Waals surface area contributed by atoms with Crippen molar-refractivity contribution in [1.29, 1.82) is 0 Å². The molecule has 32 heavy (non-hydrogen) atoms. The van der Waals surface area contributed by atoms with Gasteiger partial charge in [-0.05, 0) is 61.4 Å². The minimum atomic E-state index is -3.85. The molecule has 0 bridgehead atoms. The number of fused-ring (bicyclic) bond motifs is 1. The van der Waals surface area contributed by atoms with E-state index in [1.54, 1.807) is 24.3 Å². The van der Waals surface area contributed by atoms with Crippen molar-refractivity contribution in [2.75, 3.05) is 0 Å². The lowest BCUT2D eigenvalue weighted by molar-refractivity contribution is -0.123. The molecule has 0 unspecified atom stereocenters. The number of carbonyl (C=O) groups excluding carboxylic acids is 1. The first-order valence-corrected chi connectivity index (χ1v) is 12.4. The Bertz CT molecular complexity index is 1180. The van der Waals surface area contributed by atoms with Gasteiger partial charge in [-0.25, -0.2) is 8.42 Å². The minimum Gasteiger partial charge on any atom is -0.348 e. The monoisotopic (exact) mass is 448 g/mol. The molecule has 1 aliphatic rings. The van der Waals surface area contributed by atoms with Crippen LogP contribution in [0.25, 0.3) is 0 Å². The summed E-state index contributed by atoms with van der Waals surface area (Å²) in [4.78, 5) is 13.5. The van der Waals surface area contributed by atoms with Crippen LogP contribution in [0.1, 0.15) is 41.1 Å². The van der Waals surface area contributed by atoms with Crippen molar-refractivity contribution < 1.29 is 13.2 Å². The predicted octanol–water partition coefficient (Wildman–Crippen LogP) is 4.08. The molecular weight excluding hydrogens is 420 g/mol. The van der Waals surface area contributed by atoms with Gasteiger partial charge in [0.2, 0.25) is 15.9 Å². The maximum Gasteiger partial charge on any atom is 0.241 e. The maximum absolute atomic E-state index is 13.4. The maximum atomic E-state index is 13.4. The molecule has 0 saturated heterocycles. The molecule has 1 amide bonds. The first kappa shape index (κ1) is 22.2. The molecule has 3 aromatic rings. The number of hydrogen-bond donors (Lipinski definition) is 2. The Balaban J connectivity index is 1.58. The summed E-state index contributed by atoms with van der Waals surface area (Å²) >= 11 is 0. The first-order valence-electron chi connectivity index (χ1n) is 10.9. The van der Waals surface area contributed by atoms with Crippen molar-refractivity contribution >= 4 is 15.9 Å². The van der Waals surface area contributed by atoms with E-state index in [0.29, 0.717) is 0 Å². The summed E-state index contributed by atoms with van der Waals surface area (Å²) in [5, 5.41) is 3.11. The lowest BCUT2D eigenvalue weighted by atomic mass is 9.87. The normalized spacial score (nSPS) is 16.7. The quantitative estimate of drug-likeness (QED) is 0.572. The molecule has 0 spiro atoms. The van der Waals surface area contributed by atoms with Crippen molar-refractivity contribution in [2.24, 2.45) is 0 Å². The molecule has 0 saturated carbocycles. The largest absolute Gasteiger partial charge is 0.348 e. The van der Waals surface area contributed by atoms with Crippen LogP contribution in [0.3, 0.4) is 0 Å². The third kappa shape index (κ3) is 5.26. The molecule has 5 nitrogen and oxygen atoms in total. The highest BCUT2D eigenvalue weighted by molar-refractivity contribution is 7.89. The molecule has 1 aliphatic carbocycles. The number of sulfonamides is 1. The summed E-state index contributed by atoms with van der Waals surface area (Å²) in [5.74, 6) is -0.314. The van der Waals surface area contributed by atoms with Crippen molar-refractivity contribution in [3.8, 4) is 0 Å². The van der Waals surface area contributed by atoms with Crippen LogP contribution in [0.4, 0.5) is 0 Å². The first-order chi connectivity index (χ1) is 15.4. The van der Waals surface area contributed by atoms with E-state index in [1.807, 2.05) is 55.5 Å². The molecule has 2 atom stereocenters. The van der Waals surface area contributed by atoms with E-state index in [4.69, 9.17) is 0 Å². The Morgan fingerprint density at radius 1 is 0.969 bits per heavy atom. The lowest BCUT2D eigenvalue weighted by Gasteiger charge is -2.28. The smallest absolute Gasteiger partial charge is 0.241 e. The zero-order valence-corrected chi connectivity index (χ0v) is 18.9. The number of amides is 1. The molecule has 3 aromatic carbocycles. The van der Waals surface area contributed by atoms with Gasteiger partial charge in [-0.3, -0.25) is 4.79 Å². The van der Waals surface area contributed by atoms with Gasteiger partial charge in [-0.15, -0.1) is 0 Å². The SMILES string of the molecule is Cc1ccc(S(=O)(=O)N[C@@H](Cc2ccccc2)C(=O)N[C@H]2CCCc3ccccc32)cc1. The number of rotatable bonds is 7. The van der Waals surface area contributed by atoms with Crippen LogP contribution in [0, 0.1) is 6.92 Å². The highest BCUT2D eigenvalue weighted by atomic mass is 32.2. The second-order valence-electron chi connectivity index (χ2n) is 8.33. The molecular formula is C26H28N2O3S. The highest BCUT2D eigenvalue weighted by Gasteiger charge is 2.29. The standard InChI is InChI=1S/C26H28N2O3S/c1-19-14-16-22(17-15-19)32(30,31)28-25(18-20-8-3-2-4-9-20)26(29)27-24-13-7-11-21-10-5-6-12-23(21)24/h2-6,8-10,12,14-17,24-25,28H,7,11,13,18H2,1H3,(H,27,29)/t24-,25-/m0/s1. The van der Waals surface area contributed by atoms with E-state index in [-0.39, 0.29) is 23.3 Å². The minimum absolute atomic E-state index is 0.116. The van der Waals surface area contributed by atoms with Gasteiger partial charge in [-0.2, -0.15) is 4.72 Å². The molecule has 6 heteroatoms. The number of hydrogen-bond acceptors (Lipinski definition) is 3. The van der Waals surface area contributed by atoms with Crippen molar-refractivity contribution in [3.63, 3.8) is 0 Å². The highest BCUT2D eigenvalue weighted by Crippen LogP contribution is 2.29. The van der Waals surface area contributed by atoms with Crippen molar-refractivity contribution in [2.45, 2.75) is 49.6 Å². The summed E-state index contributed by atoms with van der Waals surface area (Å²) in [7, 11) is -3.85. The molecule has 0 fully saturated rings. The summed E-state index contributed by atoms with van der Waals surface area (Å²) in [6.45, 7) is 1.90. The van der Waals surface area contributed by atoms with E-state index in [1.165, 1.54) is 5.56 Å². The molecule has 0 aromatic heterocycles. The summed E-state index contributed by atoms with van der Waals surface area (Å²) in [6, 6.07) is 23.2. The Morgan fingerprint density at radius 2 is 1.66 bits per heavy atom. The molecule has 0 heterocycles. The van der Waals surface area contributed by atoms with Gasteiger partial charge in [0.05, 0.1) is 10.9 Å². The van der Waals surface area contributed by atoms with Gasteiger partial charge in [0, 0.05) is 0 Å². The molecule has 4 rings (SSSR count). The average molecular weight is 449 g/mol. The number of carbonyl (C=O) groups is 1. The summed E-state index contributed by atoms with van der Waals surface area (Å²) in [6.07, 6.45) is 3.09. The van der Waals surface area contributed by atoms with Crippen LogP contribution in [-0.4, -0.2) is 20.4 Å². The van der Waals surface area contributed by atoms with Crippen LogP contribution in [0.5, 0.6) is 0 Å². The fourth-order valence-electron chi connectivity index (χ4n) is 4.19. The topological polar surface area (TPSA) is 75.3 Å². The zero-order chi connectivity index (χ0) is 22.6. The number of aryl methyl sites for hydroxylation is 2. The third-order valence-corrected chi connectivity index (χ3v) is 7.40. The van der Waals surface area contributed by atoms with E-state index in [0.717, 1.165) is 36.0 Å². The van der Waals surface area contributed by atoms with E-state index in [9.17, 15) is 13.2 Å². The van der Waals surface area contributed by atoms with Crippen molar-refractivity contribution in [3.05, 3.63) is 101 Å². The van der Waals surface area contributed by atoms with E-state index < -0.39 is 16.1 Å². The van der Waals surface area contributed by atoms with Crippen LogP contribution in [0.2, 0.25) is 0 Å². The second kappa shape index (κ2) is 9.67. The van der Waals surface area contributed by atoms with Gasteiger partial charge >= 0.3 is 0 Å². The van der Waals surface area contributed by atoms with Gasteiger partial charge < -0.3 is 5.32 Å². The second-order valence-corrected chi connectivity index (χ2v) is 10.0. The summed E-state index contributed by atoms with van der Waals surface area (Å²) < 4.78 is 28.7.